The Bertz CT molecular complexity index is 555. The van der Waals surface area contributed by atoms with E-state index in [-0.39, 0.29) is 11.6 Å². The van der Waals surface area contributed by atoms with Gasteiger partial charge in [-0.3, -0.25) is 9.89 Å². The highest BCUT2D eigenvalue weighted by molar-refractivity contribution is 7.99. The first-order chi connectivity index (χ1) is 7.86. The molecule has 1 aliphatic heterocycles. The number of rotatable bonds is 1. The van der Waals surface area contributed by atoms with Crippen molar-refractivity contribution in [3.8, 4) is 0 Å². The SMILES string of the molecule is O=c1cccc2[nH]nc(C3CSCCN3)n12. The van der Waals surface area contributed by atoms with Gasteiger partial charge >= 0.3 is 0 Å². The Morgan fingerprint density at radius 1 is 1.50 bits per heavy atom. The van der Waals surface area contributed by atoms with E-state index in [1.165, 1.54) is 0 Å². The Labute approximate surface area is 96.2 Å². The minimum atomic E-state index is -0.0291. The second-order valence-corrected chi connectivity index (χ2v) is 4.90. The summed E-state index contributed by atoms with van der Waals surface area (Å²) in [6.07, 6.45) is 0. The van der Waals surface area contributed by atoms with E-state index in [4.69, 9.17) is 0 Å². The first-order valence-electron chi connectivity index (χ1n) is 5.23. The zero-order valence-electron chi connectivity index (χ0n) is 8.64. The number of nitrogens with zero attached hydrogens (tertiary/aromatic N) is 2. The Kier molecular flexibility index (Phi) is 2.45. The molecule has 1 fully saturated rings. The molecule has 1 aliphatic rings. The number of aromatic nitrogens is 3. The van der Waals surface area contributed by atoms with Crippen LogP contribution in [0.5, 0.6) is 0 Å². The van der Waals surface area contributed by atoms with Gasteiger partial charge in [-0.2, -0.15) is 16.9 Å². The predicted octanol–water partition coefficient (Wildman–Crippen LogP) is 0.400. The van der Waals surface area contributed by atoms with E-state index in [1.54, 1.807) is 16.5 Å². The zero-order valence-corrected chi connectivity index (χ0v) is 9.46. The first kappa shape index (κ1) is 9.92. The predicted molar refractivity (Wildman–Crippen MR) is 63.9 cm³/mol. The molecule has 0 radical (unpaired) electrons. The Morgan fingerprint density at radius 2 is 2.44 bits per heavy atom. The van der Waals surface area contributed by atoms with Crippen molar-refractivity contribution in [2.45, 2.75) is 6.04 Å². The van der Waals surface area contributed by atoms with Crippen molar-refractivity contribution < 1.29 is 0 Å². The highest BCUT2D eigenvalue weighted by Gasteiger charge is 2.20. The summed E-state index contributed by atoms with van der Waals surface area (Å²) < 4.78 is 1.64. The zero-order chi connectivity index (χ0) is 11.0. The van der Waals surface area contributed by atoms with Crippen LogP contribution in [0.25, 0.3) is 5.65 Å². The molecule has 5 nitrogen and oxygen atoms in total. The third kappa shape index (κ3) is 1.54. The minimum absolute atomic E-state index is 0.0291. The molecule has 0 amide bonds. The highest BCUT2D eigenvalue weighted by atomic mass is 32.2. The number of hydrogen-bond acceptors (Lipinski definition) is 4. The molecule has 2 N–H and O–H groups in total. The Hall–Kier alpha value is -1.27. The average Bonchev–Trinajstić information content (AvgIpc) is 2.75. The van der Waals surface area contributed by atoms with Crippen molar-refractivity contribution in [1.29, 1.82) is 0 Å². The van der Waals surface area contributed by atoms with Gasteiger partial charge in [0.1, 0.15) is 5.65 Å². The number of H-pyrrole nitrogens is 1. The number of hydrogen-bond donors (Lipinski definition) is 2. The van der Waals surface area contributed by atoms with Crippen LogP contribution in [0.15, 0.2) is 23.0 Å². The molecule has 6 heteroatoms. The molecule has 0 spiro atoms. The number of thioether (sulfide) groups is 1. The van der Waals surface area contributed by atoms with E-state index in [9.17, 15) is 4.79 Å². The van der Waals surface area contributed by atoms with E-state index < -0.39 is 0 Å². The lowest BCUT2D eigenvalue weighted by molar-refractivity contribution is 0.557. The van der Waals surface area contributed by atoms with Gasteiger partial charge in [-0.05, 0) is 6.07 Å². The van der Waals surface area contributed by atoms with Crippen molar-refractivity contribution in [2.75, 3.05) is 18.1 Å². The molecule has 84 valence electrons. The smallest absolute Gasteiger partial charge is 0.257 e. The number of aromatic amines is 1. The fraction of sp³-hybridized carbons (Fsp3) is 0.400. The summed E-state index contributed by atoms with van der Waals surface area (Å²) in [5.74, 6) is 2.86. The quantitative estimate of drug-likeness (QED) is 0.752. The van der Waals surface area contributed by atoms with Gasteiger partial charge < -0.3 is 5.32 Å². The topological polar surface area (TPSA) is 62.2 Å². The average molecular weight is 236 g/mol. The van der Waals surface area contributed by atoms with Gasteiger partial charge in [-0.1, -0.05) is 6.07 Å². The van der Waals surface area contributed by atoms with Crippen molar-refractivity contribution in [3.63, 3.8) is 0 Å². The van der Waals surface area contributed by atoms with Crippen LogP contribution in [0.2, 0.25) is 0 Å². The summed E-state index contributed by atoms with van der Waals surface area (Å²) in [5, 5.41) is 10.5. The van der Waals surface area contributed by atoms with Crippen LogP contribution < -0.4 is 10.9 Å². The van der Waals surface area contributed by atoms with Crippen LogP contribution in [0.1, 0.15) is 11.9 Å². The summed E-state index contributed by atoms with van der Waals surface area (Å²) in [6.45, 7) is 0.964. The maximum atomic E-state index is 11.8. The van der Waals surface area contributed by atoms with Gasteiger partial charge in [0.15, 0.2) is 5.82 Å². The normalized spacial score (nSPS) is 21.4. The van der Waals surface area contributed by atoms with Gasteiger partial charge in [-0.15, -0.1) is 0 Å². The molecule has 3 heterocycles. The van der Waals surface area contributed by atoms with Crippen LogP contribution in [-0.4, -0.2) is 32.6 Å². The molecule has 1 atom stereocenters. The Balaban J connectivity index is 2.12. The van der Waals surface area contributed by atoms with E-state index in [0.29, 0.717) is 0 Å². The van der Waals surface area contributed by atoms with Crippen LogP contribution in [0, 0.1) is 0 Å². The van der Waals surface area contributed by atoms with Gasteiger partial charge in [0.25, 0.3) is 5.56 Å². The molecule has 2 aromatic rings. The van der Waals surface area contributed by atoms with Crippen LogP contribution in [-0.2, 0) is 0 Å². The molecule has 1 saturated heterocycles. The van der Waals surface area contributed by atoms with Crippen LogP contribution >= 0.6 is 11.8 Å². The summed E-state index contributed by atoms with van der Waals surface area (Å²) >= 11 is 1.88. The molecule has 1 unspecified atom stereocenters. The van der Waals surface area contributed by atoms with E-state index in [2.05, 4.69) is 15.5 Å². The van der Waals surface area contributed by atoms with E-state index in [1.807, 2.05) is 17.8 Å². The summed E-state index contributed by atoms with van der Waals surface area (Å²) in [6, 6.07) is 5.31. The van der Waals surface area contributed by atoms with Crippen LogP contribution in [0.4, 0.5) is 0 Å². The Morgan fingerprint density at radius 3 is 3.25 bits per heavy atom. The molecular weight excluding hydrogens is 224 g/mol. The van der Waals surface area contributed by atoms with Crippen molar-refractivity contribution in [2.24, 2.45) is 0 Å². The molecule has 0 aromatic carbocycles. The molecule has 2 aromatic heterocycles. The van der Waals surface area contributed by atoms with Gasteiger partial charge in [-0.25, -0.2) is 4.40 Å². The summed E-state index contributed by atoms with van der Waals surface area (Å²) in [5.41, 5.74) is 0.721. The molecule has 0 bridgehead atoms. The molecule has 16 heavy (non-hydrogen) atoms. The fourth-order valence-electron chi connectivity index (χ4n) is 1.94. The summed E-state index contributed by atoms with van der Waals surface area (Å²) in [7, 11) is 0. The highest BCUT2D eigenvalue weighted by Crippen LogP contribution is 2.19. The second-order valence-electron chi connectivity index (χ2n) is 3.75. The largest absolute Gasteiger partial charge is 0.306 e. The van der Waals surface area contributed by atoms with Gasteiger partial charge in [0.2, 0.25) is 0 Å². The fourth-order valence-corrected chi connectivity index (χ4v) is 2.87. The standard InChI is InChI=1S/C10H12N4OS/c15-9-3-1-2-8-12-13-10(14(8)9)7-6-16-5-4-11-7/h1-3,7,11-12H,4-6H2. The second kappa shape index (κ2) is 3.95. The molecule has 0 saturated carbocycles. The first-order valence-corrected chi connectivity index (χ1v) is 6.39. The third-order valence-corrected chi connectivity index (χ3v) is 3.76. The van der Waals surface area contributed by atoms with Crippen molar-refractivity contribution in [3.05, 3.63) is 34.4 Å². The van der Waals surface area contributed by atoms with E-state index >= 15 is 0 Å². The molecule has 3 rings (SSSR count). The lowest BCUT2D eigenvalue weighted by Gasteiger charge is -2.21. The molecular formula is C10H12N4OS. The number of nitrogens with one attached hydrogen (secondary N) is 2. The monoisotopic (exact) mass is 236 g/mol. The van der Waals surface area contributed by atoms with Gasteiger partial charge in [0.05, 0.1) is 6.04 Å². The van der Waals surface area contributed by atoms with Gasteiger partial charge in [0, 0.05) is 24.1 Å². The lowest BCUT2D eigenvalue weighted by Crippen LogP contribution is -2.33. The van der Waals surface area contributed by atoms with Crippen molar-refractivity contribution >= 4 is 17.4 Å². The van der Waals surface area contributed by atoms with Crippen molar-refractivity contribution in [1.82, 2.24) is 19.9 Å². The minimum Gasteiger partial charge on any atom is -0.306 e. The third-order valence-electron chi connectivity index (χ3n) is 2.70. The number of pyridine rings is 1. The van der Waals surface area contributed by atoms with Crippen LogP contribution in [0.3, 0.4) is 0 Å². The lowest BCUT2D eigenvalue weighted by atomic mass is 10.3. The summed E-state index contributed by atoms with van der Waals surface area (Å²) in [4.78, 5) is 11.8. The molecule has 0 aliphatic carbocycles. The number of fused-ring (bicyclic) bond motifs is 1. The maximum absolute atomic E-state index is 11.8. The van der Waals surface area contributed by atoms with E-state index in [0.717, 1.165) is 29.5 Å². The maximum Gasteiger partial charge on any atom is 0.257 e.